The number of carbonyl (C=O) groups is 3. The van der Waals surface area contributed by atoms with Crippen LogP contribution < -0.4 is 15.4 Å². The molecule has 3 N–H and O–H groups in total. The lowest BCUT2D eigenvalue weighted by atomic mass is 10.1. The van der Waals surface area contributed by atoms with E-state index in [2.05, 4.69) is 15.6 Å². The maximum Gasteiger partial charge on any atom is 0.291 e. The van der Waals surface area contributed by atoms with Gasteiger partial charge in [-0.15, -0.1) is 0 Å². The smallest absolute Gasteiger partial charge is 0.291 e. The molecule has 0 spiro atoms. The second-order valence-electron chi connectivity index (χ2n) is 10.3. The van der Waals surface area contributed by atoms with Gasteiger partial charge < -0.3 is 34.8 Å². The number of nitriles is 1. The maximum atomic E-state index is 14.8. The number of nitrogens with zero attached hydrogens (tertiary/aromatic N) is 5. The molecular formula is C29H28ClF2N7O5. The second kappa shape index (κ2) is 13.0. The van der Waals surface area contributed by atoms with Gasteiger partial charge in [0, 0.05) is 51.0 Å². The van der Waals surface area contributed by atoms with Gasteiger partial charge in [-0.3, -0.25) is 14.4 Å². The van der Waals surface area contributed by atoms with E-state index in [1.807, 2.05) is 0 Å². The Morgan fingerprint density at radius 3 is 2.55 bits per heavy atom. The van der Waals surface area contributed by atoms with Crippen LogP contribution in [0.2, 0.25) is 5.02 Å². The molecule has 15 heteroatoms. The molecule has 1 aromatic heterocycles. The summed E-state index contributed by atoms with van der Waals surface area (Å²) >= 11 is 6.42. The average molecular weight is 628 g/mol. The molecular weight excluding hydrogens is 600 g/mol. The van der Waals surface area contributed by atoms with Crippen LogP contribution in [0.3, 0.4) is 0 Å². The zero-order chi connectivity index (χ0) is 31.5. The summed E-state index contributed by atoms with van der Waals surface area (Å²) in [6.07, 6.45) is 1.04. The third-order valence-electron chi connectivity index (χ3n) is 7.55. The van der Waals surface area contributed by atoms with Gasteiger partial charge in [0.2, 0.25) is 11.7 Å². The van der Waals surface area contributed by atoms with Crippen LogP contribution in [0.25, 0.3) is 11.3 Å². The number of aliphatic hydroxyl groups is 1. The summed E-state index contributed by atoms with van der Waals surface area (Å²) in [4.78, 5) is 46.2. The van der Waals surface area contributed by atoms with E-state index in [9.17, 15) is 28.3 Å². The third kappa shape index (κ3) is 6.21. The number of nitrogens with one attached hydrogen (secondary N) is 2. The predicted octanol–water partition coefficient (Wildman–Crippen LogP) is 2.18. The molecule has 0 unspecified atom stereocenters. The zero-order valence-electron chi connectivity index (χ0n) is 23.5. The fraction of sp³-hybridized carbons (Fsp3) is 0.345. The van der Waals surface area contributed by atoms with Crippen molar-refractivity contribution in [3.05, 3.63) is 64.6 Å². The highest BCUT2D eigenvalue weighted by Crippen LogP contribution is 2.30. The number of piperazine rings is 1. The first-order valence-corrected chi connectivity index (χ1v) is 14.1. The lowest BCUT2D eigenvalue weighted by Crippen LogP contribution is -2.54. The summed E-state index contributed by atoms with van der Waals surface area (Å²) in [6, 6.07) is 8.11. The van der Waals surface area contributed by atoms with E-state index >= 15 is 0 Å². The summed E-state index contributed by atoms with van der Waals surface area (Å²) in [5.74, 6) is -4.08. The topological polar surface area (TPSA) is 153 Å². The van der Waals surface area contributed by atoms with E-state index < -0.39 is 42.0 Å². The van der Waals surface area contributed by atoms with Gasteiger partial charge in [-0.05, 0) is 36.8 Å². The van der Waals surface area contributed by atoms with Crippen LogP contribution in [-0.4, -0.2) is 93.7 Å². The Hall–Kier alpha value is -4.58. The number of imidazole rings is 1. The molecule has 3 amide bonds. The van der Waals surface area contributed by atoms with Crippen molar-refractivity contribution in [3.63, 3.8) is 0 Å². The monoisotopic (exact) mass is 627 g/mol. The van der Waals surface area contributed by atoms with Crippen LogP contribution in [0.4, 0.5) is 14.5 Å². The van der Waals surface area contributed by atoms with Gasteiger partial charge in [0.1, 0.15) is 6.07 Å². The van der Waals surface area contributed by atoms with Gasteiger partial charge in [-0.2, -0.15) is 9.65 Å². The first kappa shape index (κ1) is 30.9. The van der Waals surface area contributed by atoms with Crippen molar-refractivity contribution < 1.29 is 33.0 Å². The Morgan fingerprint density at radius 1 is 1.16 bits per heavy atom. The zero-order valence-corrected chi connectivity index (χ0v) is 24.3. The number of rotatable bonds is 7. The van der Waals surface area contributed by atoms with E-state index in [4.69, 9.17) is 21.6 Å². The molecule has 12 nitrogen and oxygen atoms in total. The molecule has 2 aromatic carbocycles. The Labute approximate surface area is 255 Å². The molecule has 2 saturated heterocycles. The number of β-amino-alcohol motifs (C(OH)–C–C–N with tert-alkyl or cyclic N) is 1. The van der Waals surface area contributed by atoms with E-state index in [1.165, 1.54) is 48.1 Å². The molecule has 5 rings (SSSR count). The van der Waals surface area contributed by atoms with Crippen molar-refractivity contribution in [2.75, 3.05) is 44.6 Å². The fourth-order valence-corrected chi connectivity index (χ4v) is 5.46. The van der Waals surface area contributed by atoms with Crippen LogP contribution in [0.1, 0.15) is 27.4 Å². The van der Waals surface area contributed by atoms with E-state index in [0.29, 0.717) is 39.1 Å². The van der Waals surface area contributed by atoms with E-state index in [1.54, 1.807) is 15.9 Å². The number of amides is 3. The summed E-state index contributed by atoms with van der Waals surface area (Å²) in [6.45, 7) is 1.27. The quantitative estimate of drug-likeness (QED) is 0.360. The fourth-order valence-electron chi connectivity index (χ4n) is 5.20. The molecule has 0 bridgehead atoms. The van der Waals surface area contributed by atoms with Crippen LogP contribution in [-0.2, 0) is 11.8 Å². The van der Waals surface area contributed by atoms with Crippen molar-refractivity contribution in [2.24, 2.45) is 7.05 Å². The number of ether oxygens (including phenoxy) is 1. The third-order valence-corrected chi connectivity index (χ3v) is 7.86. The number of benzene rings is 2. The molecule has 230 valence electrons. The minimum Gasteiger partial charge on any atom is -0.476 e. The van der Waals surface area contributed by atoms with Crippen LogP contribution in [0, 0.1) is 23.0 Å². The molecule has 3 aromatic rings. The first-order valence-electron chi connectivity index (χ1n) is 13.7. The molecule has 2 fully saturated rings. The molecule has 0 aliphatic carbocycles. The first-order chi connectivity index (χ1) is 21.1. The Balaban J connectivity index is 1.22. The minimum atomic E-state index is -1.27. The van der Waals surface area contributed by atoms with Gasteiger partial charge in [-0.1, -0.05) is 11.6 Å². The highest BCUT2D eigenvalue weighted by molar-refractivity contribution is 6.34. The molecule has 44 heavy (non-hydrogen) atoms. The van der Waals surface area contributed by atoms with Gasteiger partial charge in [0.25, 0.3) is 11.8 Å². The molecule has 2 aliphatic heterocycles. The summed E-state index contributed by atoms with van der Waals surface area (Å²) in [5.41, 5.74) is 0.463. The largest absolute Gasteiger partial charge is 0.476 e. The van der Waals surface area contributed by atoms with Crippen LogP contribution in [0.5, 0.6) is 5.75 Å². The highest BCUT2D eigenvalue weighted by Gasteiger charge is 2.34. The number of hydrogen-bond acceptors (Lipinski definition) is 8. The number of carbonyl (C=O) groups excluding carboxylic acids is 3. The Morgan fingerprint density at radius 2 is 1.89 bits per heavy atom. The summed E-state index contributed by atoms with van der Waals surface area (Å²) < 4.78 is 35.4. The summed E-state index contributed by atoms with van der Waals surface area (Å²) in [5, 5.41) is 24.0. The van der Waals surface area contributed by atoms with Crippen molar-refractivity contribution in [2.45, 2.75) is 18.6 Å². The number of aromatic nitrogens is 2. The predicted molar refractivity (Wildman–Crippen MR) is 154 cm³/mol. The molecule has 0 saturated carbocycles. The number of hydrogen-bond donors (Lipinski definition) is 3. The van der Waals surface area contributed by atoms with Gasteiger partial charge in [0.05, 0.1) is 34.6 Å². The van der Waals surface area contributed by atoms with Crippen molar-refractivity contribution in [3.8, 4) is 23.1 Å². The SMILES string of the molecule is Cn1c(-c2ccc(OCC#N)c(F)c2F)cnc1C(=O)Nc1ccc(C(=O)N2CCN(C(=O)[C@@H]3C[C@H](O)CN3)CC2)c(Cl)c1. The van der Waals surface area contributed by atoms with Gasteiger partial charge in [-0.25, -0.2) is 9.37 Å². The lowest BCUT2D eigenvalue weighted by molar-refractivity contribution is -0.134. The Kier molecular flexibility index (Phi) is 9.09. The molecule has 0 radical (unpaired) electrons. The van der Waals surface area contributed by atoms with Crippen molar-refractivity contribution in [1.82, 2.24) is 24.7 Å². The number of halogens is 3. The van der Waals surface area contributed by atoms with Gasteiger partial charge in [0.15, 0.2) is 24.0 Å². The van der Waals surface area contributed by atoms with Gasteiger partial charge >= 0.3 is 0 Å². The minimum absolute atomic E-state index is 0.0941. The number of anilines is 1. The standard InChI is InChI=1S/C29H28ClF2N7O5/c1-37-22(19-4-5-23(44-11-6-33)25(32)24(19)31)15-35-26(37)27(41)36-16-2-3-18(20(30)12-16)28(42)38-7-9-39(10-8-38)29(43)21-13-17(40)14-34-21/h2-5,12,15,17,21,34,40H,7-11,13-14H2,1H3,(H,36,41)/t17-,21-/m0/s1. The Bertz CT molecular complexity index is 1650. The van der Waals surface area contributed by atoms with E-state index in [0.717, 1.165) is 0 Å². The molecule has 3 heterocycles. The van der Waals surface area contributed by atoms with Crippen LogP contribution in [0.15, 0.2) is 36.5 Å². The average Bonchev–Trinajstić information content (AvgIpc) is 3.62. The normalized spacial score (nSPS) is 18.2. The summed E-state index contributed by atoms with van der Waals surface area (Å²) in [7, 11) is 1.46. The molecule has 2 aliphatic rings. The van der Waals surface area contributed by atoms with Crippen molar-refractivity contribution in [1.29, 1.82) is 5.26 Å². The van der Waals surface area contributed by atoms with E-state index in [-0.39, 0.29) is 45.2 Å². The van der Waals surface area contributed by atoms with Crippen LogP contribution >= 0.6 is 11.6 Å². The molecule has 2 atom stereocenters. The second-order valence-corrected chi connectivity index (χ2v) is 10.7. The van der Waals surface area contributed by atoms with Crippen molar-refractivity contribution >= 4 is 35.0 Å². The number of aliphatic hydroxyl groups excluding tert-OH is 1. The maximum absolute atomic E-state index is 14.8. The highest BCUT2D eigenvalue weighted by atomic mass is 35.5. The lowest BCUT2D eigenvalue weighted by Gasteiger charge is -2.36.